The average molecular weight is 411 g/mol. The topological polar surface area (TPSA) is 96.5 Å². The van der Waals surface area contributed by atoms with E-state index in [0.29, 0.717) is 22.3 Å². The quantitative estimate of drug-likeness (QED) is 0.625. The van der Waals surface area contributed by atoms with Crippen LogP contribution in [0.3, 0.4) is 0 Å². The van der Waals surface area contributed by atoms with Crippen LogP contribution < -0.4 is 5.32 Å². The molecule has 0 fully saturated rings. The lowest BCUT2D eigenvalue weighted by atomic mass is 10.1. The van der Waals surface area contributed by atoms with Crippen molar-refractivity contribution < 1.29 is 4.79 Å². The van der Waals surface area contributed by atoms with Crippen LogP contribution in [-0.4, -0.2) is 31.4 Å². The molecule has 3 heterocycles. The van der Waals surface area contributed by atoms with E-state index in [1.54, 1.807) is 12.4 Å². The molecule has 9 heteroatoms. The Morgan fingerprint density at radius 2 is 2.18 bits per heavy atom. The Hall–Kier alpha value is -2.70. The normalized spacial score (nSPS) is 12.6. The van der Waals surface area contributed by atoms with Crippen molar-refractivity contribution in [3.63, 3.8) is 0 Å². The highest BCUT2D eigenvalue weighted by Crippen LogP contribution is 2.38. The number of thioether (sulfide) groups is 1. The van der Waals surface area contributed by atoms with Gasteiger partial charge in [0.05, 0.1) is 11.3 Å². The number of rotatable bonds is 6. The maximum absolute atomic E-state index is 12.5. The molecule has 0 bridgehead atoms. The second-order valence-electron chi connectivity index (χ2n) is 6.30. The number of anilines is 1. The summed E-state index contributed by atoms with van der Waals surface area (Å²) in [6.45, 7) is 2.72. The van der Waals surface area contributed by atoms with Crippen LogP contribution in [-0.2, 0) is 24.2 Å². The summed E-state index contributed by atoms with van der Waals surface area (Å²) in [7, 11) is 0. The Morgan fingerprint density at radius 1 is 1.36 bits per heavy atom. The molecule has 0 radical (unpaired) electrons. The molecular weight excluding hydrogens is 392 g/mol. The second-order valence-corrected chi connectivity index (χ2v) is 8.34. The van der Waals surface area contributed by atoms with Gasteiger partial charge in [-0.1, -0.05) is 11.8 Å². The van der Waals surface area contributed by atoms with Gasteiger partial charge in [-0.25, -0.2) is 0 Å². The van der Waals surface area contributed by atoms with Gasteiger partial charge in [0.2, 0.25) is 5.91 Å². The number of carbonyl (C=O) groups is 1. The number of pyridine rings is 1. The van der Waals surface area contributed by atoms with Crippen molar-refractivity contribution in [3.05, 3.63) is 40.5 Å². The van der Waals surface area contributed by atoms with E-state index >= 15 is 0 Å². The zero-order valence-corrected chi connectivity index (χ0v) is 16.9. The van der Waals surface area contributed by atoms with Crippen molar-refractivity contribution in [1.29, 1.82) is 5.26 Å². The third-order valence-corrected chi connectivity index (χ3v) is 6.76. The zero-order chi connectivity index (χ0) is 19.5. The van der Waals surface area contributed by atoms with Crippen LogP contribution in [0.4, 0.5) is 5.00 Å². The first-order valence-corrected chi connectivity index (χ1v) is 10.8. The van der Waals surface area contributed by atoms with Gasteiger partial charge in [-0.05, 0) is 43.9 Å². The summed E-state index contributed by atoms with van der Waals surface area (Å²) in [6.07, 6.45) is 6.45. The minimum Gasteiger partial charge on any atom is -0.316 e. The Morgan fingerprint density at radius 3 is 2.93 bits per heavy atom. The summed E-state index contributed by atoms with van der Waals surface area (Å²) in [5.74, 6) is 0.828. The summed E-state index contributed by atoms with van der Waals surface area (Å²) in [4.78, 5) is 17.7. The van der Waals surface area contributed by atoms with Crippen LogP contribution in [0, 0.1) is 11.3 Å². The first kappa shape index (κ1) is 18.7. The van der Waals surface area contributed by atoms with Crippen LogP contribution in [0.15, 0.2) is 29.7 Å². The van der Waals surface area contributed by atoms with Gasteiger partial charge in [0.1, 0.15) is 11.1 Å². The maximum Gasteiger partial charge on any atom is 0.235 e. The SMILES string of the molecule is CCn1c(SCC(=O)Nc2sc3c(c2C#N)CCC3)nnc1-c1ccncc1. The van der Waals surface area contributed by atoms with E-state index in [1.165, 1.54) is 28.0 Å². The monoisotopic (exact) mass is 410 g/mol. The average Bonchev–Trinajstić information content (AvgIpc) is 3.40. The van der Waals surface area contributed by atoms with E-state index in [2.05, 4.69) is 26.6 Å². The number of hydrogen-bond acceptors (Lipinski definition) is 7. The summed E-state index contributed by atoms with van der Waals surface area (Å²) < 4.78 is 1.98. The number of fused-ring (bicyclic) bond motifs is 1. The number of amides is 1. The van der Waals surface area contributed by atoms with E-state index in [0.717, 1.165) is 36.2 Å². The summed E-state index contributed by atoms with van der Waals surface area (Å²) in [5.41, 5.74) is 2.68. The van der Waals surface area contributed by atoms with Gasteiger partial charge in [-0.15, -0.1) is 21.5 Å². The van der Waals surface area contributed by atoms with E-state index in [-0.39, 0.29) is 11.7 Å². The molecule has 1 amide bonds. The molecule has 3 aromatic heterocycles. The molecule has 1 aliphatic carbocycles. The predicted octanol–water partition coefficient (Wildman–Crippen LogP) is 3.51. The van der Waals surface area contributed by atoms with E-state index < -0.39 is 0 Å². The first-order valence-electron chi connectivity index (χ1n) is 9.02. The fourth-order valence-corrected chi connectivity index (χ4v) is 5.36. The summed E-state index contributed by atoms with van der Waals surface area (Å²) in [6, 6.07) is 6.02. The van der Waals surface area contributed by atoms with E-state index in [1.807, 2.05) is 23.6 Å². The molecule has 0 saturated carbocycles. The first-order chi connectivity index (χ1) is 13.7. The second kappa shape index (κ2) is 8.12. The standard InChI is InChI=1S/C19H18N6OS2/c1-2-25-17(12-6-8-21-9-7-12)23-24-19(25)27-11-16(26)22-18-14(10-20)13-4-3-5-15(13)28-18/h6-9H,2-5,11H2,1H3,(H,22,26). The number of thiophene rings is 1. The van der Waals surface area contributed by atoms with Crippen LogP contribution in [0.2, 0.25) is 0 Å². The lowest BCUT2D eigenvalue weighted by Crippen LogP contribution is -2.14. The molecule has 0 spiro atoms. The highest BCUT2D eigenvalue weighted by molar-refractivity contribution is 7.99. The third kappa shape index (κ3) is 3.53. The predicted molar refractivity (Wildman–Crippen MR) is 109 cm³/mol. The lowest BCUT2D eigenvalue weighted by molar-refractivity contribution is -0.113. The molecule has 28 heavy (non-hydrogen) atoms. The Bertz CT molecular complexity index is 1050. The fraction of sp³-hybridized carbons (Fsp3) is 0.316. The minimum absolute atomic E-state index is 0.141. The van der Waals surface area contributed by atoms with E-state index in [9.17, 15) is 10.1 Å². The number of aromatic nitrogens is 4. The molecule has 0 unspecified atom stereocenters. The number of nitrogens with zero attached hydrogens (tertiary/aromatic N) is 5. The molecule has 0 aliphatic heterocycles. The van der Waals surface area contributed by atoms with Crippen molar-refractivity contribution in [1.82, 2.24) is 19.7 Å². The number of nitrogens with one attached hydrogen (secondary N) is 1. The molecule has 4 rings (SSSR count). The number of carbonyl (C=O) groups excluding carboxylic acids is 1. The van der Waals surface area contributed by atoms with Crippen molar-refractivity contribution in [2.45, 2.75) is 37.9 Å². The Kier molecular flexibility index (Phi) is 5.41. The van der Waals surface area contributed by atoms with Crippen molar-refractivity contribution in [3.8, 4) is 17.5 Å². The largest absolute Gasteiger partial charge is 0.316 e. The molecule has 7 nitrogen and oxygen atoms in total. The van der Waals surface area contributed by atoms with Gasteiger partial charge in [0, 0.05) is 29.4 Å². The Labute approximate surface area is 170 Å². The molecule has 0 saturated heterocycles. The van der Waals surface area contributed by atoms with Gasteiger partial charge in [-0.3, -0.25) is 9.78 Å². The van der Waals surface area contributed by atoms with Gasteiger partial charge < -0.3 is 9.88 Å². The molecule has 1 aliphatic rings. The minimum atomic E-state index is -0.141. The maximum atomic E-state index is 12.5. The molecule has 3 aromatic rings. The van der Waals surface area contributed by atoms with Gasteiger partial charge in [-0.2, -0.15) is 5.26 Å². The molecule has 0 aromatic carbocycles. The van der Waals surface area contributed by atoms with Crippen LogP contribution in [0.1, 0.15) is 29.3 Å². The Balaban J connectivity index is 1.45. The van der Waals surface area contributed by atoms with Crippen LogP contribution >= 0.6 is 23.1 Å². The van der Waals surface area contributed by atoms with Crippen LogP contribution in [0.25, 0.3) is 11.4 Å². The molecule has 142 valence electrons. The van der Waals surface area contributed by atoms with Crippen molar-refractivity contribution >= 4 is 34.0 Å². The highest BCUT2D eigenvalue weighted by Gasteiger charge is 2.23. The van der Waals surface area contributed by atoms with Crippen LogP contribution in [0.5, 0.6) is 0 Å². The summed E-state index contributed by atoms with van der Waals surface area (Å²) >= 11 is 2.87. The molecule has 1 N–H and O–H groups in total. The number of hydrogen-bond donors (Lipinski definition) is 1. The molecular formula is C19H18N6OS2. The van der Waals surface area contributed by atoms with Gasteiger partial charge in [0.25, 0.3) is 0 Å². The smallest absolute Gasteiger partial charge is 0.235 e. The fourth-order valence-electron chi connectivity index (χ4n) is 3.30. The van der Waals surface area contributed by atoms with Crippen molar-refractivity contribution in [2.24, 2.45) is 0 Å². The summed E-state index contributed by atoms with van der Waals surface area (Å²) in [5, 5.41) is 22.2. The van der Waals surface area contributed by atoms with Gasteiger partial charge >= 0.3 is 0 Å². The third-order valence-electron chi connectivity index (χ3n) is 4.59. The highest BCUT2D eigenvalue weighted by atomic mass is 32.2. The van der Waals surface area contributed by atoms with E-state index in [4.69, 9.17) is 0 Å². The number of nitriles is 1. The lowest BCUT2D eigenvalue weighted by Gasteiger charge is -2.07. The number of aryl methyl sites for hydroxylation is 1. The molecule has 0 atom stereocenters. The van der Waals surface area contributed by atoms with Gasteiger partial charge in [0.15, 0.2) is 11.0 Å². The zero-order valence-electron chi connectivity index (χ0n) is 15.3. The van der Waals surface area contributed by atoms with Crippen molar-refractivity contribution in [2.75, 3.05) is 11.1 Å².